The van der Waals surface area contributed by atoms with Gasteiger partial charge in [-0.1, -0.05) is 0 Å². The standard InChI is InChI=1S/C16H16FN5O4/c17-11-1-3-12(4-2-11)20-14-13(22(25)26)15(19-9-18-14)21-7-5-10(6-8-21)16(23)24/h1-4,9-10H,5-8H2,(H,23,24)(H,18,19,20). The molecule has 0 aliphatic carbocycles. The Kier molecular flexibility index (Phi) is 4.92. The van der Waals surface area contributed by atoms with E-state index in [0.717, 1.165) is 0 Å². The molecular formula is C16H16FN5O4. The zero-order valence-electron chi connectivity index (χ0n) is 13.6. The summed E-state index contributed by atoms with van der Waals surface area (Å²) in [6.45, 7) is 0.704. The van der Waals surface area contributed by atoms with Crippen molar-refractivity contribution in [1.29, 1.82) is 0 Å². The van der Waals surface area contributed by atoms with Crippen LogP contribution in [0.5, 0.6) is 0 Å². The highest BCUT2D eigenvalue weighted by atomic mass is 19.1. The van der Waals surface area contributed by atoms with Crippen molar-refractivity contribution >= 4 is 29.0 Å². The summed E-state index contributed by atoms with van der Waals surface area (Å²) in [5.41, 5.74) is 0.148. The molecule has 1 aliphatic rings. The van der Waals surface area contributed by atoms with Crippen LogP contribution in [-0.4, -0.2) is 39.1 Å². The molecule has 0 unspecified atom stereocenters. The first-order valence-corrected chi connectivity index (χ1v) is 7.95. The number of piperidine rings is 1. The number of aromatic nitrogens is 2. The molecule has 1 aliphatic heterocycles. The Hall–Kier alpha value is -3.30. The van der Waals surface area contributed by atoms with Crippen molar-refractivity contribution in [3.63, 3.8) is 0 Å². The van der Waals surface area contributed by atoms with Gasteiger partial charge in [0.15, 0.2) is 0 Å². The molecule has 1 aromatic carbocycles. The summed E-state index contributed by atoms with van der Waals surface area (Å²) in [6, 6.07) is 5.35. The summed E-state index contributed by atoms with van der Waals surface area (Å²) >= 11 is 0. The first kappa shape index (κ1) is 17.5. The van der Waals surface area contributed by atoms with Crippen LogP contribution in [0.15, 0.2) is 30.6 Å². The third-order valence-corrected chi connectivity index (χ3v) is 4.24. The van der Waals surface area contributed by atoms with E-state index in [2.05, 4.69) is 15.3 Å². The van der Waals surface area contributed by atoms with Crippen LogP contribution in [0.25, 0.3) is 0 Å². The van der Waals surface area contributed by atoms with Crippen molar-refractivity contribution in [2.24, 2.45) is 5.92 Å². The lowest BCUT2D eigenvalue weighted by Crippen LogP contribution is -2.37. The highest BCUT2D eigenvalue weighted by Gasteiger charge is 2.31. The molecule has 2 heterocycles. The molecule has 26 heavy (non-hydrogen) atoms. The van der Waals surface area contributed by atoms with Crippen LogP contribution >= 0.6 is 0 Å². The summed E-state index contributed by atoms with van der Waals surface area (Å²) in [6.07, 6.45) is 1.98. The number of anilines is 3. The van der Waals surface area contributed by atoms with Gasteiger partial charge in [0.1, 0.15) is 12.1 Å². The number of hydrogen-bond acceptors (Lipinski definition) is 7. The summed E-state index contributed by atoms with van der Waals surface area (Å²) < 4.78 is 13.0. The van der Waals surface area contributed by atoms with E-state index in [9.17, 15) is 19.3 Å². The molecule has 1 aromatic heterocycles. The predicted molar refractivity (Wildman–Crippen MR) is 90.9 cm³/mol. The SMILES string of the molecule is O=C(O)C1CCN(c2ncnc(Nc3ccc(F)cc3)c2[N+](=O)[O-])CC1. The zero-order chi connectivity index (χ0) is 18.7. The van der Waals surface area contributed by atoms with Crippen molar-refractivity contribution in [1.82, 2.24) is 9.97 Å². The van der Waals surface area contributed by atoms with Crippen LogP contribution in [-0.2, 0) is 4.79 Å². The maximum atomic E-state index is 13.0. The molecule has 9 nitrogen and oxygen atoms in total. The molecule has 0 amide bonds. The van der Waals surface area contributed by atoms with Gasteiger partial charge < -0.3 is 15.3 Å². The largest absolute Gasteiger partial charge is 0.481 e. The molecule has 2 aromatic rings. The van der Waals surface area contributed by atoms with E-state index in [-0.39, 0.29) is 17.3 Å². The maximum absolute atomic E-state index is 13.0. The first-order valence-electron chi connectivity index (χ1n) is 7.95. The molecule has 10 heteroatoms. The molecule has 136 valence electrons. The van der Waals surface area contributed by atoms with E-state index < -0.39 is 22.6 Å². The number of hydrogen-bond donors (Lipinski definition) is 2. The van der Waals surface area contributed by atoms with E-state index in [1.54, 1.807) is 4.90 Å². The number of carboxylic acid groups (broad SMARTS) is 1. The van der Waals surface area contributed by atoms with E-state index in [1.807, 2.05) is 0 Å². The summed E-state index contributed by atoms with van der Waals surface area (Å²) in [7, 11) is 0. The monoisotopic (exact) mass is 361 g/mol. The van der Waals surface area contributed by atoms with Gasteiger partial charge >= 0.3 is 11.7 Å². The molecule has 0 radical (unpaired) electrons. The second-order valence-electron chi connectivity index (χ2n) is 5.88. The molecule has 2 N–H and O–H groups in total. The summed E-state index contributed by atoms with van der Waals surface area (Å²) in [5.74, 6) is -1.61. The van der Waals surface area contributed by atoms with Gasteiger partial charge in [-0.05, 0) is 37.1 Å². The number of nitro groups is 1. The quantitative estimate of drug-likeness (QED) is 0.615. The summed E-state index contributed by atoms with van der Waals surface area (Å²) in [5, 5.41) is 23.5. The molecular weight excluding hydrogens is 345 g/mol. The topological polar surface area (TPSA) is 121 Å². The fourth-order valence-electron chi connectivity index (χ4n) is 2.87. The minimum absolute atomic E-state index is 0.00744. The lowest BCUT2D eigenvalue weighted by atomic mass is 9.97. The minimum atomic E-state index is -0.861. The molecule has 0 bridgehead atoms. The van der Waals surface area contributed by atoms with Crippen LogP contribution in [0.4, 0.5) is 27.4 Å². The highest BCUT2D eigenvalue weighted by Crippen LogP contribution is 2.35. The Morgan fingerprint density at radius 1 is 1.27 bits per heavy atom. The minimum Gasteiger partial charge on any atom is -0.481 e. The van der Waals surface area contributed by atoms with Crippen LogP contribution in [0.1, 0.15) is 12.8 Å². The van der Waals surface area contributed by atoms with Crippen molar-refractivity contribution in [3.05, 3.63) is 46.5 Å². The molecule has 1 saturated heterocycles. The van der Waals surface area contributed by atoms with Crippen molar-refractivity contribution in [3.8, 4) is 0 Å². The third-order valence-electron chi connectivity index (χ3n) is 4.24. The van der Waals surface area contributed by atoms with Gasteiger partial charge in [-0.2, -0.15) is 0 Å². The highest BCUT2D eigenvalue weighted by molar-refractivity contribution is 5.75. The fraction of sp³-hybridized carbons (Fsp3) is 0.312. The number of benzene rings is 1. The van der Waals surface area contributed by atoms with Gasteiger partial charge in [-0.15, -0.1) is 0 Å². The number of aliphatic carboxylic acids is 1. The Morgan fingerprint density at radius 2 is 1.92 bits per heavy atom. The smallest absolute Gasteiger partial charge is 0.353 e. The van der Waals surface area contributed by atoms with Crippen LogP contribution in [0.2, 0.25) is 0 Å². The van der Waals surface area contributed by atoms with Gasteiger partial charge in [0.25, 0.3) is 0 Å². The number of carboxylic acids is 1. The molecule has 0 saturated carbocycles. The molecule has 0 spiro atoms. The van der Waals surface area contributed by atoms with Crippen molar-refractivity contribution in [2.45, 2.75) is 12.8 Å². The number of rotatable bonds is 5. The average molecular weight is 361 g/mol. The lowest BCUT2D eigenvalue weighted by Gasteiger charge is -2.30. The van der Waals surface area contributed by atoms with Gasteiger partial charge in [0.05, 0.1) is 10.8 Å². The lowest BCUT2D eigenvalue weighted by molar-refractivity contribution is -0.383. The molecule has 1 fully saturated rings. The van der Waals surface area contributed by atoms with Crippen LogP contribution in [0, 0.1) is 21.8 Å². The average Bonchev–Trinajstić information content (AvgIpc) is 2.63. The third kappa shape index (κ3) is 3.68. The second kappa shape index (κ2) is 7.30. The van der Waals surface area contributed by atoms with Crippen LogP contribution < -0.4 is 10.2 Å². The first-order chi connectivity index (χ1) is 12.5. The second-order valence-corrected chi connectivity index (χ2v) is 5.88. The van der Waals surface area contributed by atoms with E-state index in [1.165, 1.54) is 30.6 Å². The van der Waals surface area contributed by atoms with Crippen LogP contribution in [0.3, 0.4) is 0 Å². The Morgan fingerprint density at radius 3 is 2.50 bits per heavy atom. The van der Waals surface area contributed by atoms with E-state index in [4.69, 9.17) is 5.11 Å². The Balaban J connectivity index is 1.88. The Labute approximate surface area is 147 Å². The predicted octanol–water partition coefficient (Wildman–Crippen LogP) is 2.57. The normalized spacial score (nSPS) is 14.9. The summed E-state index contributed by atoms with van der Waals surface area (Å²) in [4.78, 5) is 31.8. The number of halogens is 1. The van der Waals surface area contributed by atoms with Crippen molar-refractivity contribution < 1.29 is 19.2 Å². The van der Waals surface area contributed by atoms with E-state index in [0.29, 0.717) is 31.6 Å². The number of nitrogens with one attached hydrogen (secondary N) is 1. The molecule has 3 rings (SSSR count). The van der Waals surface area contributed by atoms with Gasteiger partial charge in [0, 0.05) is 18.8 Å². The van der Waals surface area contributed by atoms with Gasteiger partial charge in [0.2, 0.25) is 11.6 Å². The fourth-order valence-corrected chi connectivity index (χ4v) is 2.87. The number of nitrogens with zero attached hydrogens (tertiary/aromatic N) is 4. The van der Waals surface area contributed by atoms with Gasteiger partial charge in [-0.25, -0.2) is 14.4 Å². The number of carbonyl (C=O) groups is 1. The molecule has 0 atom stereocenters. The van der Waals surface area contributed by atoms with E-state index >= 15 is 0 Å². The van der Waals surface area contributed by atoms with Crippen molar-refractivity contribution in [2.75, 3.05) is 23.3 Å². The maximum Gasteiger partial charge on any atom is 0.353 e. The van der Waals surface area contributed by atoms with Gasteiger partial charge in [-0.3, -0.25) is 14.9 Å². The zero-order valence-corrected chi connectivity index (χ0v) is 13.6. The Bertz CT molecular complexity index is 822.